The fourth-order valence-corrected chi connectivity index (χ4v) is 4.33. The zero-order valence-electron chi connectivity index (χ0n) is 17.9. The molecule has 2 fully saturated rings. The van der Waals surface area contributed by atoms with Crippen LogP contribution in [0, 0.1) is 19.8 Å². The predicted octanol–water partition coefficient (Wildman–Crippen LogP) is 2.53. The van der Waals surface area contributed by atoms with Crippen LogP contribution in [0.15, 0.2) is 6.07 Å². The van der Waals surface area contributed by atoms with Crippen molar-refractivity contribution in [3.8, 4) is 0 Å². The van der Waals surface area contributed by atoms with E-state index in [4.69, 9.17) is 10.1 Å². The molecular formula is C22H31N5O2. The summed E-state index contributed by atoms with van der Waals surface area (Å²) in [6.45, 7) is 9.58. The van der Waals surface area contributed by atoms with E-state index in [0.717, 1.165) is 60.6 Å². The minimum Gasteiger partial charge on any atom is -0.354 e. The predicted molar refractivity (Wildman–Crippen MR) is 111 cm³/mol. The van der Waals surface area contributed by atoms with Gasteiger partial charge in [-0.2, -0.15) is 5.10 Å². The first-order chi connectivity index (χ1) is 13.8. The number of hydrogen-bond donors (Lipinski definition) is 1. The minimum absolute atomic E-state index is 0.0615. The van der Waals surface area contributed by atoms with Gasteiger partial charge in [0.2, 0.25) is 11.8 Å². The van der Waals surface area contributed by atoms with Crippen LogP contribution in [0.2, 0.25) is 0 Å². The highest BCUT2D eigenvalue weighted by Crippen LogP contribution is 2.35. The maximum Gasteiger partial charge on any atom is 0.225 e. The van der Waals surface area contributed by atoms with Crippen LogP contribution < -0.4 is 5.32 Å². The Bertz CT molecular complexity index is 944. The number of carbonyl (C=O) groups is 2. The standard InChI is InChI=1S/C22H31N5O2/c1-13(2)23-21(28)8-7-18-14(3)24-20-11-19(25-27(20)15(18)4)17-9-10-26(12-17)22(29)16-5-6-16/h11,13,16-17H,5-10,12H2,1-4H3,(H,23,28)/t17-/m0/s1. The van der Waals surface area contributed by atoms with Gasteiger partial charge in [0.25, 0.3) is 0 Å². The third-order valence-corrected chi connectivity index (χ3v) is 6.08. The van der Waals surface area contributed by atoms with Gasteiger partial charge in [-0.3, -0.25) is 9.59 Å². The summed E-state index contributed by atoms with van der Waals surface area (Å²) in [4.78, 5) is 31.2. The van der Waals surface area contributed by atoms with Crippen molar-refractivity contribution >= 4 is 17.5 Å². The molecule has 4 rings (SSSR count). The maximum atomic E-state index is 12.3. The van der Waals surface area contributed by atoms with Gasteiger partial charge >= 0.3 is 0 Å². The van der Waals surface area contributed by atoms with Gasteiger partial charge in [0.1, 0.15) is 0 Å². The molecule has 1 aliphatic heterocycles. The molecule has 0 aromatic carbocycles. The van der Waals surface area contributed by atoms with Crippen LogP contribution in [-0.2, 0) is 16.0 Å². The number of nitrogens with zero attached hydrogens (tertiary/aromatic N) is 4. The second kappa shape index (κ2) is 7.76. The first-order valence-corrected chi connectivity index (χ1v) is 10.8. The Morgan fingerprint density at radius 1 is 1.24 bits per heavy atom. The molecule has 2 aromatic rings. The summed E-state index contributed by atoms with van der Waals surface area (Å²) < 4.78 is 1.91. The molecule has 2 aliphatic rings. The number of fused-ring (bicyclic) bond motifs is 1. The number of carbonyl (C=O) groups excluding carboxylic acids is 2. The van der Waals surface area contributed by atoms with E-state index >= 15 is 0 Å². The Kier molecular flexibility index (Phi) is 5.32. The summed E-state index contributed by atoms with van der Waals surface area (Å²) in [5.74, 6) is 0.936. The molecule has 0 radical (unpaired) electrons. The molecule has 2 amide bonds. The minimum atomic E-state index is 0.0615. The third-order valence-electron chi connectivity index (χ3n) is 6.08. The molecule has 1 atom stereocenters. The Labute approximate surface area is 171 Å². The van der Waals surface area contributed by atoms with E-state index in [1.54, 1.807) is 0 Å². The molecule has 0 bridgehead atoms. The molecule has 1 saturated heterocycles. The van der Waals surface area contributed by atoms with Gasteiger partial charge in [0.05, 0.1) is 5.69 Å². The van der Waals surface area contributed by atoms with Crippen LogP contribution in [0.3, 0.4) is 0 Å². The molecule has 0 unspecified atom stereocenters. The number of aryl methyl sites for hydroxylation is 2. The molecule has 3 heterocycles. The Balaban J connectivity index is 1.51. The smallest absolute Gasteiger partial charge is 0.225 e. The van der Waals surface area contributed by atoms with Crippen molar-refractivity contribution in [1.29, 1.82) is 0 Å². The van der Waals surface area contributed by atoms with Crippen molar-refractivity contribution in [3.05, 3.63) is 28.7 Å². The van der Waals surface area contributed by atoms with Crippen molar-refractivity contribution in [2.75, 3.05) is 13.1 Å². The summed E-state index contributed by atoms with van der Waals surface area (Å²) in [6.07, 6.45) is 4.16. The fraction of sp³-hybridized carbons (Fsp3) is 0.636. The Morgan fingerprint density at radius 3 is 2.69 bits per heavy atom. The lowest BCUT2D eigenvalue weighted by Crippen LogP contribution is -2.30. The summed E-state index contributed by atoms with van der Waals surface area (Å²) in [5, 5.41) is 7.78. The lowest BCUT2D eigenvalue weighted by atomic mass is 10.1. The molecule has 7 nitrogen and oxygen atoms in total. The SMILES string of the molecule is Cc1nc2cc([C@H]3CCN(C(=O)C4CC4)C3)nn2c(C)c1CCC(=O)NC(C)C. The van der Waals surface area contributed by atoms with Crippen LogP contribution >= 0.6 is 0 Å². The number of hydrogen-bond acceptors (Lipinski definition) is 4. The molecule has 7 heteroatoms. The van der Waals surface area contributed by atoms with Gasteiger partial charge in [-0.25, -0.2) is 9.50 Å². The number of aromatic nitrogens is 3. The highest BCUT2D eigenvalue weighted by molar-refractivity contribution is 5.81. The molecule has 1 aliphatic carbocycles. The molecule has 1 N–H and O–H groups in total. The van der Waals surface area contributed by atoms with E-state index in [9.17, 15) is 9.59 Å². The zero-order valence-corrected chi connectivity index (χ0v) is 17.9. The molecule has 0 spiro atoms. The summed E-state index contributed by atoms with van der Waals surface area (Å²) in [6, 6.07) is 2.21. The van der Waals surface area contributed by atoms with Gasteiger partial charge < -0.3 is 10.2 Å². The monoisotopic (exact) mass is 397 g/mol. The van der Waals surface area contributed by atoms with E-state index in [0.29, 0.717) is 18.7 Å². The van der Waals surface area contributed by atoms with Gasteiger partial charge in [0.15, 0.2) is 5.65 Å². The second-order valence-electron chi connectivity index (χ2n) is 8.87. The second-order valence-corrected chi connectivity index (χ2v) is 8.87. The average molecular weight is 398 g/mol. The van der Waals surface area contributed by atoms with Crippen molar-refractivity contribution in [3.63, 3.8) is 0 Å². The lowest BCUT2D eigenvalue weighted by Gasteiger charge is -2.15. The molecular weight excluding hydrogens is 366 g/mol. The lowest BCUT2D eigenvalue weighted by molar-refractivity contribution is -0.131. The summed E-state index contributed by atoms with van der Waals surface area (Å²) in [7, 11) is 0. The van der Waals surface area contributed by atoms with Crippen molar-refractivity contribution in [2.24, 2.45) is 5.92 Å². The van der Waals surface area contributed by atoms with Gasteiger partial charge in [-0.1, -0.05) is 0 Å². The van der Waals surface area contributed by atoms with Crippen LogP contribution in [0.1, 0.15) is 68.1 Å². The normalized spacial score (nSPS) is 19.3. The van der Waals surface area contributed by atoms with Crippen LogP contribution in [0.5, 0.6) is 0 Å². The van der Waals surface area contributed by atoms with Gasteiger partial charge in [-0.05, 0) is 58.9 Å². The van der Waals surface area contributed by atoms with E-state index in [1.807, 2.05) is 37.1 Å². The molecule has 29 heavy (non-hydrogen) atoms. The largest absolute Gasteiger partial charge is 0.354 e. The van der Waals surface area contributed by atoms with E-state index in [2.05, 4.69) is 11.4 Å². The summed E-state index contributed by atoms with van der Waals surface area (Å²) in [5.41, 5.74) is 4.94. The Hall–Kier alpha value is -2.44. The maximum absolute atomic E-state index is 12.3. The first-order valence-electron chi connectivity index (χ1n) is 10.8. The Morgan fingerprint density at radius 2 is 2.00 bits per heavy atom. The van der Waals surface area contributed by atoms with Crippen LogP contribution in [0.4, 0.5) is 0 Å². The highest BCUT2D eigenvalue weighted by Gasteiger charge is 2.37. The molecule has 156 valence electrons. The summed E-state index contributed by atoms with van der Waals surface area (Å²) >= 11 is 0. The average Bonchev–Trinajstić information content (AvgIpc) is 3.22. The first kappa shape index (κ1) is 19.9. The molecule has 2 aromatic heterocycles. The van der Waals surface area contributed by atoms with Crippen molar-refractivity contribution < 1.29 is 9.59 Å². The van der Waals surface area contributed by atoms with E-state index in [-0.39, 0.29) is 23.8 Å². The molecule has 1 saturated carbocycles. The van der Waals surface area contributed by atoms with Crippen LogP contribution in [0.25, 0.3) is 5.65 Å². The highest BCUT2D eigenvalue weighted by atomic mass is 16.2. The quantitative estimate of drug-likeness (QED) is 0.812. The third kappa shape index (κ3) is 4.14. The number of rotatable bonds is 6. The van der Waals surface area contributed by atoms with E-state index < -0.39 is 0 Å². The van der Waals surface area contributed by atoms with Crippen LogP contribution in [-0.4, -0.2) is 50.4 Å². The zero-order chi connectivity index (χ0) is 20.7. The van der Waals surface area contributed by atoms with E-state index in [1.165, 1.54) is 0 Å². The number of amides is 2. The van der Waals surface area contributed by atoms with Crippen molar-refractivity contribution in [2.45, 2.75) is 71.8 Å². The number of nitrogens with one attached hydrogen (secondary N) is 1. The van der Waals surface area contributed by atoms with Gasteiger partial charge in [0, 0.05) is 54.8 Å². The topological polar surface area (TPSA) is 79.6 Å². The fourth-order valence-electron chi connectivity index (χ4n) is 4.33. The van der Waals surface area contributed by atoms with Crippen molar-refractivity contribution in [1.82, 2.24) is 24.8 Å². The van der Waals surface area contributed by atoms with Gasteiger partial charge in [-0.15, -0.1) is 0 Å². The number of likely N-dealkylation sites (tertiary alicyclic amines) is 1.